The van der Waals surface area contributed by atoms with Crippen molar-refractivity contribution >= 4 is 48.9 Å². The number of nitrogens with one attached hydrogen (secondary N) is 2. The molecule has 1 fully saturated rings. The zero-order valence-electron chi connectivity index (χ0n) is 21.2. The number of sulfonamides is 2. The molecule has 0 aliphatic carbocycles. The highest BCUT2D eigenvalue weighted by Crippen LogP contribution is 2.26. The van der Waals surface area contributed by atoms with E-state index < -0.39 is 26.0 Å². The molecule has 0 radical (unpaired) electrons. The molecule has 3 aromatic carbocycles. The highest BCUT2D eigenvalue weighted by Gasteiger charge is 2.26. The molecule has 1 amide bonds. The van der Waals surface area contributed by atoms with Crippen LogP contribution in [0.1, 0.15) is 47.2 Å². The Balaban J connectivity index is 1.51. The molecule has 3 aromatic rings. The Labute approximate surface area is 229 Å². The summed E-state index contributed by atoms with van der Waals surface area (Å²) < 4.78 is 56.1. The minimum Gasteiger partial charge on any atom is -0.322 e. The fourth-order valence-corrected chi connectivity index (χ4v) is 7.10. The second-order valence-electron chi connectivity index (χ2n) is 9.34. The van der Waals surface area contributed by atoms with E-state index in [1.54, 1.807) is 32.0 Å². The van der Waals surface area contributed by atoms with Gasteiger partial charge in [-0.1, -0.05) is 36.6 Å². The van der Waals surface area contributed by atoms with Gasteiger partial charge in [-0.2, -0.15) is 4.31 Å². The lowest BCUT2D eigenvalue weighted by Crippen LogP contribution is -2.32. The number of rotatable bonds is 7. The summed E-state index contributed by atoms with van der Waals surface area (Å²) in [6, 6.07) is 15.2. The molecule has 38 heavy (non-hydrogen) atoms. The predicted octanol–water partition coefficient (Wildman–Crippen LogP) is 5.57. The van der Waals surface area contributed by atoms with Crippen molar-refractivity contribution in [3.63, 3.8) is 0 Å². The molecule has 1 heterocycles. The highest BCUT2D eigenvalue weighted by molar-refractivity contribution is 7.92. The Kier molecular flexibility index (Phi) is 8.46. The first kappa shape index (κ1) is 28.1. The molecule has 0 aromatic heterocycles. The maximum Gasteiger partial charge on any atom is 0.261 e. The summed E-state index contributed by atoms with van der Waals surface area (Å²) in [5, 5.41) is 3.14. The van der Waals surface area contributed by atoms with Crippen LogP contribution in [0.15, 0.2) is 70.5 Å². The quantitative estimate of drug-likeness (QED) is 0.382. The summed E-state index contributed by atoms with van der Waals surface area (Å²) >= 11 is 5.99. The van der Waals surface area contributed by atoms with E-state index in [1.165, 1.54) is 46.8 Å². The molecule has 1 saturated heterocycles. The van der Waals surface area contributed by atoms with E-state index >= 15 is 0 Å². The van der Waals surface area contributed by atoms with Gasteiger partial charge in [-0.25, -0.2) is 16.8 Å². The van der Waals surface area contributed by atoms with Gasteiger partial charge in [0.2, 0.25) is 10.0 Å². The average Bonchev–Trinajstić information content (AvgIpc) is 3.17. The van der Waals surface area contributed by atoms with Gasteiger partial charge in [0, 0.05) is 29.4 Å². The third-order valence-electron chi connectivity index (χ3n) is 6.52. The lowest BCUT2D eigenvalue weighted by atomic mass is 10.1. The molecule has 202 valence electrons. The first-order valence-corrected chi connectivity index (χ1v) is 15.6. The van der Waals surface area contributed by atoms with Crippen LogP contribution in [-0.4, -0.2) is 40.1 Å². The van der Waals surface area contributed by atoms with Gasteiger partial charge in [0.15, 0.2) is 0 Å². The summed E-state index contributed by atoms with van der Waals surface area (Å²) in [5.41, 5.74) is 2.32. The monoisotopic (exact) mass is 575 g/mol. The second kappa shape index (κ2) is 11.4. The summed E-state index contributed by atoms with van der Waals surface area (Å²) in [5.74, 6) is -0.487. The molecule has 1 aliphatic rings. The summed E-state index contributed by atoms with van der Waals surface area (Å²) in [6.07, 6.45) is 3.64. The topological polar surface area (TPSA) is 113 Å². The molecule has 11 heteroatoms. The van der Waals surface area contributed by atoms with E-state index in [0.717, 1.165) is 31.2 Å². The van der Waals surface area contributed by atoms with Crippen molar-refractivity contribution in [2.75, 3.05) is 23.1 Å². The number of nitrogens with zero attached hydrogens (tertiary/aromatic N) is 1. The van der Waals surface area contributed by atoms with Gasteiger partial charge >= 0.3 is 0 Å². The normalized spacial score (nSPS) is 15.0. The smallest absolute Gasteiger partial charge is 0.261 e. The average molecular weight is 576 g/mol. The first-order chi connectivity index (χ1) is 18.0. The van der Waals surface area contributed by atoms with Gasteiger partial charge < -0.3 is 5.32 Å². The lowest BCUT2D eigenvalue weighted by Gasteiger charge is -2.20. The zero-order chi connectivity index (χ0) is 27.5. The molecule has 0 unspecified atom stereocenters. The van der Waals surface area contributed by atoms with Crippen molar-refractivity contribution in [3.05, 3.63) is 82.4 Å². The van der Waals surface area contributed by atoms with Crippen LogP contribution in [0.4, 0.5) is 11.4 Å². The summed E-state index contributed by atoms with van der Waals surface area (Å²) in [4.78, 5) is 13.2. The Morgan fingerprint density at radius 3 is 2.05 bits per heavy atom. The van der Waals surface area contributed by atoms with Crippen molar-refractivity contribution in [1.82, 2.24) is 4.31 Å². The van der Waals surface area contributed by atoms with Crippen molar-refractivity contribution in [2.24, 2.45) is 0 Å². The number of benzene rings is 3. The van der Waals surface area contributed by atoms with Gasteiger partial charge in [0.1, 0.15) is 0 Å². The number of aryl methyl sites for hydroxylation is 2. The van der Waals surface area contributed by atoms with Gasteiger partial charge in [-0.15, -0.1) is 0 Å². The zero-order valence-corrected chi connectivity index (χ0v) is 23.6. The standard InChI is InChI=1S/C27H30ClN3O5S2/c1-19-8-12-24(38(35,36)31-15-5-3-4-6-16-31)18-25(19)27(32)29-22-10-13-23(14-11-22)37(33,34)30-26-17-21(28)9-7-20(26)2/h7-14,17-18,30H,3-6,15-16H2,1-2H3,(H,29,32). The number of carbonyl (C=O) groups excluding carboxylic acids is 1. The van der Waals surface area contributed by atoms with E-state index in [0.29, 0.717) is 35.1 Å². The van der Waals surface area contributed by atoms with E-state index in [2.05, 4.69) is 10.0 Å². The molecule has 4 rings (SSSR count). The minimum atomic E-state index is -3.88. The van der Waals surface area contributed by atoms with Gasteiger partial charge in [-0.3, -0.25) is 9.52 Å². The molecule has 0 spiro atoms. The van der Waals surface area contributed by atoms with Crippen LogP contribution in [-0.2, 0) is 20.0 Å². The van der Waals surface area contributed by atoms with Crippen molar-refractivity contribution in [2.45, 2.75) is 49.3 Å². The number of halogens is 1. The molecule has 0 saturated carbocycles. The van der Waals surface area contributed by atoms with Gasteiger partial charge in [0.05, 0.1) is 15.5 Å². The van der Waals surface area contributed by atoms with Crippen LogP contribution in [0.2, 0.25) is 5.02 Å². The predicted molar refractivity (Wildman–Crippen MR) is 150 cm³/mol. The molecular formula is C27H30ClN3O5S2. The SMILES string of the molecule is Cc1ccc(Cl)cc1NS(=O)(=O)c1ccc(NC(=O)c2cc(S(=O)(=O)N3CCCCCC3)ccc2C)cc1. The number of amides is 1. The van der Waals surface area contributed by atoms with E-state index in [-0.39, 0.29) is 15.4 Å². The summed E-state index contributed by atoms with van der Waals surface area (Å²) in [7, 11) is -7.60. The maximum atomic E-state index is 13.2. The van der Waals surface area contributed by atoms with Crippen molar-refractivity contribution < 1.29 is 21.6 Å². The fraction of sp³-hybridized carbons (Fsp3) is 0.296. The second-order valence-corrected chi connectivity index (χ2v) is 13.4. The lowest BCUT2D eigenvalue weighted by molar-refractivity contribution is 0.102. The van der Waals surface area contributed by atoms with E-state index in [4.69, 9.17) is 11.6 Å². The number of carbonyl (C=O) groups is 1. The van der Waals surface area contributed by atoms with Crippen LogP contribution in [0.5, 0.6) is 0 Å². The Morgan fingerprint density at radius 1 is 0.789 bits per heavy atom. The van der Waals surface area contributed by atoms with E-state index in [9.17, 15) is 21.6 Å². The Hall–Kier alpha value is -2.92. The van der Waals surface area contributed by atoms with Crippen LogP contribution >= 0.6 is 11.6 Å². The molecule has 1 aliphatic heterocycles. The molecule has 8 nitrogen and oxygen atoms in total. The largest absolute Gasteiger partial charge is 0.322 e. The van der Waals surface area contributed by atoms with Crippen molar-refractivity contribution in [1.29, 1.82) is 0 Å². The third-order valence-corrected chi connectivity index (χ3v) is 10.0. The highest BCUT2D eigenvalue weighted by atomic mass is 35.5. The van der Waals surface area contributed by atoms with Crippen molar-refractivity contribution in [3.8, 4) is 0 Å². The summed E-state index contributed by atoms with van der Waals surface area (Å²) in [6.45, 7) is 4.44. The fourth-order valence-electron chi connectivity index (χ4n) is 4.26. The first-order valence-electron chi connectivity index (χ1n) is 12.3. The van der Waals surface area contributed by atoms with Crippen LogP contribution in [0, 0.1) is 13.8 Å². The maximum absolute atomic E-state index is 13.2. The molecule has 2 N–H and O–H groups in total. The number of anilines is 2. The molecule has 0 atom stereocenters. The number of hydrogen-bond acceptors (Lipinski definition) is 5. The van der Waals surface area contributed by atoms with Gasteiger partial charge in [0.25, 0.3) is 15.9 Å². The van der Waals surface area contributed by atoms with E-state index in [1.807, 2.05) is 0 Å². The minimum absolute atomic E-state index is 0.0107. The number of hydrogen-bond donors (Lipinski definition) is 2. The molecule has 0 bridgehead atoms. The Bertz CT molecular complexity index is 1550. The third kappa shape index (κ3) is 6.37. The van der Waals surface area contributed by atoms with Crippen LogP contribution in [0.3, 0.4) is 0 Å². The van der Waals surface area contributed by atoms with Crippen LogP contribution < -0.4 is 10.0 Å². The Morgan fingerprint density at radius 2 is 1.39 bits per heavy atom. The molecular weight excluding hydrogens is 546 g/mol. The van der Waals surface area contributed by atoms with Crippen LogP contribution in [0.25, 0.3) is 0 Å². The van der Waals surface area contributed by atoms with Gasteiger partial charge in [-0.05, 0) is 86.3 Å².